The van der Waals surface area contributed by atoms with Crippen LogP contribution in [0.25, 0.3) is 0 Å². The van der Waals surface area contributed by atoms with Gasteiger partial charge in [-0.3, -0.25) is 14.9 Å². The maximum atomic E-state index is 11.8. The average molecular weight is 304 g/mol. The number of carbonyl (C=O) groups is 2. The van der Waals surface area contributed by atoms with E-state index in [1.165, 1.54) is 23.9 Å². The van der Waals surface area contributed by atoms with Crippen molar-refractivity contribution in [1.82, 2.24) is 5.32 Å². The van der Waals surface area contributed by atoms with Gasteiger partial charge in [0.1, 0.15) is 6.04 Å². The maximum Gasteiger partial charge on any atom is 0.326 e. The van der Waals surface area contributed by atoms with E-state index in [1.807, 2.05) is 6.26 Å². The third kappa shape index (κ3) is 4.52. The molecule has 1 amide bonds. The van der Waals surface area contributed by atoms with Crippen LogP contribution in [0.5, 0.6) is 0 Å². The number of thiophene rings is 1. The minimum absolute atomic E-state index is 0.127. The van der Waals surface area contributed by atoms with E-state index < -0.39 is 22.8 Å². The van der Waals surface area contributed by atoms with Gasteiger partial charge < -0.3 is 10.4 Å². The molecule has 0 radical (unpaired) electrons. The summed E-state index contributed by atoms with van der Waals surface area (Å²) in [6.45, 7) is 0. The van der Waals surface area contributed by atoms with Crippen molar-refractivity contribution < 1.29 is 19.6 Å². The molecule has 1 aromatic heterocycles. The van der Waals surface area contributed by atoms with Gasteiger partial charge in [0.05, 0.1) is 9.80 Å². The summed E-state index contributed by atoms with van der Waals surface area (Å²) in [6, 6.07) is 1.55. The Hall–Kier alpha value is -1.61. The number of hydrogen-bond acceptors (Lipinski definition) is 6. The van der Waals surface area contributed by atoms with E-state index >= 15 is 0 Å². The summed E-state index contributed by atoms with van der Waals surface area (Å²) < 4.78 is 0. The fourth-order valence-corrected chi connectivity index (χ4v) is 2.47. The zero-order valence-electron chi connectivity index (χ0n) is 9.99. The number of carboxylic acid groups (broad SMARTS) is 1. The molecule has 0 aliphatic heterocycles. The van der Waals surface area contributed by atoms with Gasteiger partial charge in [-0.15, -0.1) is 0 Å². The molecule has 0 saturated carbocycles. The lowest BCUT2D eigenvalue weighted by molar-refractivity contribution is -0.380. The van der Waals surface area contributed by atoms with Crippen LogP contribution in [0.1, 0.15) is 16.1 Å². The van der Waals surface area contributed by atoms with E-state index in [9.17, 15) is 19.7 Å². The van der Waals surface area contributed by atoms with Gasteiger partial charge in [-0.2, -0.15) is 11.8 Å². The molecule has 1 rings (SSSR count). The smallest absolute Gasteiger partial charge is 0.326 e. The molecular weight excluding hydrogens is 292 g/mol. The third-order valence-electron chi connectivity index (χ3n) is 2.21. The number of nitrogens with one attached hydrogen (secondary N) is 1. The first-order valence-electron chi connectivity index (χ1n) is 5.22. The lowest BCUT2D eigenvalue weighted by Crippen LogP contribution is -2.40. The van der Waals surface area contributed by atoms with E-state index in [0.29, 0.717) is 12.2 Å². The molecule has 0 unspecified atom stereocenters. The van der Waals surface area contributed by atoms with Gasteiger partial charge in [0.25, 0.3) is 5.91 Å². The second-order valence-corrected chi connectivity index (χ2v) is 5.59. The van der Waals surface area contributed by atoms with Crippen LogP contribution in [0.15, 0.2) is 12.1 Å². The van der Waals surface area contributed by atoms with Crippen molar-refractivity contribution >= 4 is 40.0 Å². The molecule has 0 aliphatic carbocycles. The Morgan fingerprint density at radius 3 is 2.74 bits per heavy atom. The lowest BCUT2D eigenvalue weighted by Gasteiger charge is -2.12. The van der Waals surface area contributed by atoms with Gasteiger partial charge in [-0.05, 0) is 24.5 Å². The van der Waals surface area contributed by atoms with Crippen LogP contribution in [0, 0.1) is 10.1 Å². The summed E-state index contributed by atoms with van der Waals surface area (Å²) in [5.74, 6) is -1.12. The summed E-state index contributed by atoms with van der Waals surface area (Å²) in [5.41, 5.74) is 0. The van der Waals surface area contributed by atoms with Gasteiger partial charge in [0.2, 0.25) is 0 Å². The van der Waals surface area contributed by atoms with Crippen molar-refractivity contribution in [3.63, 3.8) is 0 Å². The quantitative estimate of drug-likeness (QED) is 0.585. The van der Waals surface area contributed by atoms with Gasteiger partial charge in [0.15, 0.2) is 0 Å². The summed E-state index contributed by atoms with van der Waals surface area (Å²) >= 11 is 2.19. The van der Waals surface area contributed by atoms with Gasteiger partial charge in [0, 0.05) is 6.07 Å². The zero-order chi connectivity index (χ0) is 14.4. The fraction of sp³-hybridized carbons (Fsp3) is 0.400. The second kappa shape index (κ2) is 7.10. The van der Waals surface area contributed by atoms with Crippen molar-refractivity contribution in [2.24, 2.45) is 0 Å². The highest BCUT2D eigenvalue weighted by molar-refractivity contribution is 7.98. The number of hydrogen-bond donors (Lipinski definition) is 2. The SMILES string of the molecule is CSCC[C@@H](NC(=O)c1ccc([N+](=O)[O-])s1)C(=O)O. The first-order chi connectivity index (χ1) is 8.95. The van der Waals surface area contributed by atoms with Gasteiger partial charge in [-0.1, -0.05) is 11.3 Å². The third-order valence-corrected chi connectivity index (χ3v) is 3.89. The lowest BCUT2D eigenvalue weighted by atomic mass is 10.2. The molecule has 1 atom stereocenters. The van der Waals surface area contributed by atoms with Crippen LogP contribution in [0.2, 0.25) is 0 Å². The molecule has 0 bridgehead atoms. The molecular formula is C10H12N2O5S2. The second-order valence-electron chi connectivity index (χ2n) is 3.54. The number of carboxylic acids is 1. The van der Waals surface area contributed by atoms with Crippen LogP contribution >= 0.6 is 23.1 Å². The van der Waals surface area contributed by atoms with Gasteiger partial charge >= 0.3 is 11.0 Å². The molecule has 19 heavy (non-hydrogen) atoms. The highest BCUT2D eigenvalue weighted by atomic mass is 32.2. The standard InChI is InChI=1S/C10H12N2O5S2/c1-18-5-4-6(10(14)15)11-9(13)7-2-3-8(19-7)12(16)17/h2-3,6H,4-5H2,1H3,(H,11,13)(H,14,15)/t6-/m1/s1. The van der Waals surface area contributed by atoms with Crippen molar-refractivity contribution in [2.75, 3.05) is 12.0 Å². The first-order valence-corrected chi connectivity index (χ1v) is 7.43. The molecule has 0 fully saturated rings. The minimum Gasteiger partial charge on any atom is -0.480 e. The van der Waals surface area contributed by atoms with E-state index in [0.717, 1.165) is 11.3 Å². The molecule has 0 saturated heterocycles. The predicted molar refractivity (Wildman–Crippen MR) is 72.9 cm³/mol. The zero-order valence-corrected chi connectivity index (χ0v) is 11.6. The number of nitro groups is 1. The summed E-state index contributed by atoms with van der Waals surface area (Å²) in [5, 5.41) is 21.7. The monoisotopic (exact) mass is 304 g/mol. The number of rotatable bonds is 7. The van der Waals surface area contributed by atoms with E-state index in [-0.39, 0.29) is 9.88 Å². The van der Waals surface area contributed by atoms with Crippen molar-refractivity contribution in [1.29, 1.82) is 0 Å². The van der Waals surface area contributed by atoms with Crippen molar-refractivity contribution in [2.45, 2.75) is 12.5 Å². The normalized spacial score (nSPS) is 11.8. The summed E-state index contributed by atoms with van der Waals surface area (Å²) in [6.07, 6.45) is 2.14. The van der Waals surface area contributed by atoms with Crippen LogP contribution < -0.4 is 5.32 Å². The Balaban J connectivity index is 2.70. The molecule has 104 valence electrons. The largest absolute Gasteiger partial charge is 0.480 e. The van der Waals surface area contributed by atoms with E-state index in [4.69, 9.17) is 5.11 Å². The predicted octanol–water partition coefficient (Wildman–Crippen LogP) is 1.59. The Labute approximate surface area is 117 Å². The van der Waals surface area contributed by atoms with Crippen LogP contribution in [0.4, 0.5) is 5.00 Å². The molecule has 0 aliphatic rings. The molecule has 0 spiro atoms. The molecule has 9 heteroatoms. The summed E-state index contributed by atoms with van der Waals surface area (Å²) in [4.78, 5) is 32.8. The van der Waals surface area contributed by atoms with Crippen molar-refractivity contribution in [3.8, 4) is 0 Å². The number of carbonyl (C=O) groups excluding carboxylic acids is 1. The minimum atomic E-state index is -1.12. The molecule has 2 N–H and O–H groups in total. The van der Waals surface area contributed by atoms with Crippen LogP contribution in [0.3, 0.4) is 0 Å². The fourth-order valence-electron chi connectivity index (χ4n) is 1.27. The molecule has 0 aromatic carbocycles. The Morgan fingerprint density at radius 1 is 1.58 bits per heavy atom. The highest BCUT2D eigenvalue weighted by Gasteiger charge is 2.22. The maximum absolute atomic E-state index is 11.8. The van der Waals surface area contributed by atoms with Crippen LogP contribution in [-0.2, 0) is 4.79 Å². The topological polar surface area (TPSA) is 110 Å². The Morgan fingerprint density at radius 2 is 2.26 bits per heavy atom. The number of thioether (sulfide) groups is 1. The van der Waals surface area contributed by atoms with E-state index in [2.05, 4.69) is 5.32 Å². The number of aliphatic carboxylic acids is 1. The number of nitrogens with zero attached hydrogens (tertiary/aromatic N) is 1. The Bertz CT molecular complexity index is 488. The summed E-state index contributed by atoms with van der Waals surface area (Å²) in [7, 11) is 0. The molecule has 1 heterocycles. The molecule has 1 aromatic rings. The first kappa shape index (κ1) is 15.4. The van der Waals surface area contributed by atoms with Gasteiger partial charge in [-0.25, -0.2) is 4.79 Å². The number of amides is 1. The van der Waals surface area contributed by atoms with E-state index in [1.54, 1.807) is 0 Å². The highest BCUT2D eigenvalue weighted by Crippen LogP contribution is 2.23. The Kier molecular flexibility index (Phi) is 5.77. The van der Waals surface area contributed by atoms with Crippen LogP contribution in [-0.4, -0.2) is 40.0 Å². The molecule has 7 nitrogen and oxygen atoms in total. The average Bonchev–Trinajstić information content (AvgIpc) is 2.83. The van der Waals surface area contributed by atoms with Crippen molar-refractivity contribution in [3.05, 3.63) is 27.1 Å².